The minimum atomic E-state index is -3.40. The molecule has 0 bridgehead atoms. The third-order valence-corrected chi connectivity index (χ3v) is 6.07. The Morgan fingerprint density at radius 2 is 1.88 bits per heavy atom. The first kappa shape index (κ1) is 22.8. The summed E-state index contributed by atoms with van der Waals surface area (Å²) in [5.74, 6) is 0.445. The predicted molar refractivity (Wildman–Crippen MR) is 111 cm³/mol. The molecule has 148 valence electrons. The molecule has 0 heterocycles. The molecule has 0 aliphatic heterocycles. The van der Waals surface area contributed by atoms with Crippen molar-refractivity contribution in [1.82, 2.24) is 10.0 Å². The Morgan fingerprint density at radius 3 is 2.42 bits per heavy atom. The van der Waals surface area contributed by atoms with E-state index in [1.54, 1.807) is 18.7 Å². The largest absolute Gasteiger partial charge is 0.378 e. The van der Waals surface area contributed by atoms with Crippen LogP contribution >= 0.6 is 11.8 Å². The summed E-state index contributed by atoms with van der Waals surface area (Å²) >= 11 is 1.59. The van der Waals surface area contributed by atoms with Gasteiger partial charge in [-0.15, -0.1) is 0 Å². The van der Waals surface area contributed by atoms with Crippen molar-refractivity contribution in [2.24, 2.45) is 0 Å². The maximum atomic E-state index is 12.3. The number of hydrogen-bond acceptors (Lipinski definition) is 5. The van der Waals surface area contributed by atoms with Gasteiger partial charge in [0.1, 0.15) is 6.04 Å². The predicted octanol–water partition coefficient (Wildman–Crippen LogP) is 1.86. The van der Waals surface area contributed by atoms with Crippen LogP contribution in [-0.4, -0.2) is 58.8 Å². The van der Waals surface area contributed by atoms with Gasteiger partial charge in [0, 0.05) is 26.3 Å². The number of hydrogen-bond donors (Lipinski definition) is 2. The molecule has 0 aliphatic carbocycles. The van der Waals surface area contributed by atoms with E-state index in [2.05, 4.69) is 39.2 Å². The highest BCUT2D eigenvalue weighted by Gasteiger charge is 2.22. The smallest absolute Gasteiger partial charge is 0.238 e. The van der Waals surface area contributed by atoms with E-state index in [4.69, 9.17) is 0 Å². The van der Waals surface area contributed by atoms with E-state index >= 15 is 0 Å². The molecule has 0 saturated carbocycles. The summed E-state index contributed by atoms with van der Waals surface area (Å²) in [6.45, 7) is 2.09. The Morgan fingerprint density at radius 1 is 1.23 bits per heavy atom. The second-order valence-electron chi connectivity index (χ2n) is 6.31. The van der Waals surface area contributed by atoms with E-state index < -0.39 is 16.1 Å². The lowest BCUT2D eigenvalue weighted by atomic mass is 10.1. The molecule has 8 heteroatoms. The fourth-order valence-corrected chi connectivity index (χ4v) is 3.66. The van der Waals surface area contributed by atoms with Crippen LogP contribution in [0.2, 0.25) is 0 Å². The molecule has 0 fully saturated rings. The second-order valence-corrected chi connectivity index (χ2v) is 9.34. The van der Waals surface area contributed by atoms with Gasteiger partial charge in [-0.05, 0) is 55.9 Å². The van der Waals surface area contributed by atoms with Gasteiger partial charge in [0.2, 0.25) is 15.9 Å². The zero-order chi connectivity index (χ0) is 19.6. The summed E-state index contributed by atoms with van der Waals surface area (Å²) in [6.07, 6.45) is 4.09. The summed E-state index contributed by atoms with van der Waals surface area (Å²) in [7, 11) is 0.607. The van der Waals surface area contributed by atoms with Gasteiger partial charge in [-0.2, -0.15) is 11.8 Å². The zero-order valence-corrected chi connectivity index (χ0v) is 17.8. The Labute approximate surface area is 162 Å². The number of sulfonamides is 1. The van der Waals surface area contributed by atoms with Crippen molar-refractivity contribution >= 4 is 33.4 Å². The van der Waals surface area contributed by atoms with Crippen LogP contribution in [0, 0.1) is 0 Å². The zero-order valence-electron chi connectivity index (χ0n) is 16.1. The Hall–Kier alpha value is -1.25. The number of amides is 1. The van der Waals surface area contributed by atoms with Crippen LogP contribution in [0.5, 0.6) is 0 Å². The van der Waals surface area contributed by atoms with Gasteiger partial charge in [-0.3, -0.25) is 4.79 Å². The molecule has 1 amide bonds. The fraction of sp³-hybridized carbons (Fsp3) is 0.611. The van der Waals surface area contributed by atoms with Crippen molar-refractivity contribution in [2.45, 2.75) is 32.2 Å². The molecule has 0 saturated heterocycles. The lowest BCUT2D eigenvalue weighted by molar-refractivity contribution is -0.122. The van der Waals surface area contributed by atoms with Crippen LogP contribution in [0.3, 0.4) is 0 Å². The number of rotatable bonds is 12. The average Bonchev–Trinajstić information content (AvgIpc) is 2.62. The van der Waals surface area contributed by atoms with Crippen LogP contribution < -0.4 is 14.9 Å². The summed E-state index contributed by atoms with van der Waals surface area (Å²) < 4.78 is 26.0. The van der Waals surface area contributed by atoms with Crippen molar-refractivity contribution in [2.75, 3.05) is 43.3 Å². The molecule has 0 aliphatic rings. The van der Waals surface area contributed by atoms with Crippen LogP contribution in [0.25, 0.3) is 0 Å². The number of aryl methyl sites for hydroxylation is 1. The molecular weight excluding hydrogens is 370 g/mol. The first-order valence-electron chi connectivity index (χ1n) is 8.82. The summed E-state index contributed by atoms with van der Waals surface area (Å²) in [6, 6.07) is 7.63. The molecule has 26 heavy (non-hydrogen) atoms. The van der Waals surface area contributed by atoms with E-state index in [1.807, 2.05) is 20.4 Å². The van der Waals surface area contributed by atoms with E-state index in [0.717, 1.165) is 24.3 Å². The lowest BCUT2D eigenvalue weighted by Gasteiger charge is -2.17. The molecule has 0 spiro atoms. The molecule has 6 nitrogen and oxygen atoms in total. The molecule has 2 N–H and O–H groups in total. The summed E-state index contributed by atoms with van der Waals surface area (Å²) in [5, 5.41) is 2.85. The highest BCUT2D eigenvalue weighted by molar-refractivity contribution is 7.98. The van der Waals surface area contributed by atoms with Gasteiger partial charge in [0.15, 0.2) is 0 Å². The topological polar surface area (TPSA) is 78.5 Å². The maximum absolute atomic E-state index is 12.3. The first-order valence-corrected chi connectivity index (χ1v) is 11.9. The number of thioether (sulfide) groups is 1. The van der Waals surface area contributed by atoms with Crippen LogP contribution in [0.1, 0.15) is 25.3 Å². The van der Waals surface area contributed by atoms with Crippen LogP contribution in [0.15, 0.2) is 24.3 Å². The van der Waals surface area contributed by atoms with E-state index in [1.165, 1.54) is 5.56 Å². The summed E-state index contributed by atoms with van der Waals surface area (Å²) in [5.41, 5.74) is 2.37. The number of carbonyl (C=O) groups is 1. The lowest BCUT2D eigenvalue weighted by Crippen LogP contribution is -2.47. The molecule has 1 unspecified atom stereocenters. The molecule has 1 aromatic rings. The second kappa shape index (κ2) is 11.5. The third-order valence-electron chi connectivity index (χ3n) is 4.02. The third kappa shape index (κ3) is 8.42. The highest BCUT2D eigenvalue weighted by atomic mass is 32.2. The van der Waals surface area contributed by atoms with E-state index in [9.17, 15) is 13.2 Å². The van der Waals surface area contributed by atoms with Gasteiger partial charge >= 0.3 is 0 Å². The quantitative estimate of drug-likeness (QED) is 0.523. The monoisotopic (exact) mass is 401 g/mol. The maximum Gasteiger partial charge on any atom is 0.238 e. The minimum Gasteiger partial charge on any atom is -0.378 e. The molecule has 0 aromatic heterocycles. The van der Waals surface area contributed by atoms with Crippen molar-refractivity contribution < 1.29 is 13.2 Å². The normalized spacial score (nSPS) is 12.6. The van der Waals surface area contributed by atoms with Gasteiger partial charge in [-0.1, -0.05) is 12.1 Å². The van der Waals surface area contributed by atoms with Gasteiger partial charge < -0.3 is 10.2 Å². The van der Waals surface area contributed by atoms with E-state index in [-0.39, 0.29) is 11.7 Å². The van der Waals surface area contributed by atoms with Crippen molar-refractivity contribution in [1.29, 1.82) is 0 Å². The standard InChI is InChI=1S/C18H31N3O3S2/c1-5-26(23,24)20-17(12-14-25-4)18(22)19-13-6-7-15-8-10-16(11-9-15)21(2)3/h8-11,17,20H,5-7,12-14H2,1-4H3,(H,19,22). The van der Waals surface area contributed by atoms with Crippen molar-refractivity contribution in [3.05, 3.63) is 29.8 Å². The van der Waals surface area contributed by atoms with Gasteiger partial charge in [0.25, 0.3) is 0 Å². The Bertz CT molecular complexity index is 646. The van der Waals surface area contributed by atoms with Crippen molar-refractivity contribution in [3.8, 4) is 0 Å². The fourth-order valence-electron chi connectivity index (χ4n) is 2.37. The SMILES string of the molecule is CCS(=O)(=O)NC(CCSC)C(=O)NCCCc1ccc(N(C)C)cc1. The van der Waals surface area contributed by atoms with Crippen LogP contribution in [-0.2, 0) is 21.2 Å². The highest BCUT2D eigenvalue weighted by Crippen LogP contribution is 2.13. The molecule has 1 atom stereocenters. The van der Waals surface area contributed by atoms with Crippen LogP contribution in [0.4, 0.5) is 5.69 Å². The Kier molecular flexibility index (Phi) is 10.0. The average molecular weight is 402 g/mol. The number of nitrogens with zero attached hydrogens (tertiary/aromatic N) is 1. The molecular formula is C18H31N3O3S2. The van der Waals surface area contributed by atoms with Crippen molar-refractivity contribution in [3.63, 3.8) is 0 Å². The number of anilines is 1. The van der Waals surface area contributed by atoms with Gasteiger partial charge in [-0.25, -0.2) is 13.1 Å². The number of nitrogens with one attached hydrogen (secondary N) is 2. The molecule has 1 aromatic carbocycles. The molecule has 0 radical (unpaired) electrons. The first-order chi connectivity index (χ1) is 12.3. The molecule has 1 rings (SSSR count). The minimum absolute atomic E-state index is 0.0288. The van der Waals surface area contributed by atoms with Gasteiger partial charge in [0.05, 0.1) is 5.75 Å². The Balaban J connectivity index is 2.46. The number of benzene rings is 1. The van der Waals surface area contributed by atoms with E-state index in [0.29, 0.717) is 13.0 Å². The number of carbonyl (C=O) groups excluding carboxylic acids is 1. The summed E-state index contributed by atoms with van der Waals surface area (Å²) in [4.78, 5) is 14.4.